The Morgan fingerprint density at radius 3 is 2.81 bits per heavy atom. The number of hydrogen-bond donors (Lipinski definition) is 2. The number of H-pyrrole nitrogens is 2. The minimum Gasteiger partial charge on any atom is -0.311 e. The predicted octanol–water partition coefficient (Wildman–Crippen LogP) is 2.29. The van der Waals surface area contributed by atoms with E-state index >= 15 is 0 Å². The van der Waals surface area contributed by atoms with E-state index < -0.39 is 5.69 Å². The van der Waals surface area contributed by atoms with Crippen LogP contribution in [0.4, 0.5) is 0 Å². The first-order chi connectivity index (χ1) is 10.2. The van der Waals surface area contributed by atoms with Crippen LogP contribution in [0.25, 0.3) is 0 Å². The van der Waals surface area contributed by atoms with Gasteiger partial charge in [-0.05, 0) is 49.1 Å². The number of fused-ring (bicyclic) bond motifs is 1. The van der Waals surface area contributed by atoms with Crippen molar-refractivity contribution in [1.29, 1.82) is 0 Å². The number of nitrogens with one attached hydrogen (secondary N) is 2. The highest BCUT2D eigenvalue weighted by Gasteiger charge is 2.22. The standard InChI is InChI=1S/C17H20N2O2/c1-2-13-15(18-17(21)19-16(13)20)10-12-8-5-7-11-6-3-4-9-14(11)12/h3-4,6,9,12H,2,5,7-8,10H2,1H3,(H2,18,19,20,21). The van der Waals surface area contributed by atoms with Crippen LogP contribution < -0.4 is 11.2 Å². The van der Waals surface area contributed by atoms with Gasteiger partial charge in [0, 0.05) is 11.3 Å². The van der Waals surface area contributed by atoms with Gasteiger partial charge in [-0.15, -0.1) is 0 Å². The van der Waals surface area contributed by atoms with Crippen molar-refractivity contribution in [3.8, 4) is 0 Å². The van der Waals surface area contributed by atoms with E-state index in [2.05, 4.69) is 34.2 Å². The normalized spacial score (nSPS) is 17.5. The molecule has 1 atom stereocenters. The summed E-state index contributed by atoms with van der Waals surface area (Å²) in [7, 11) is 0. The lowest BCUT2D eigenvalue weighted by atomic mass is 9.80. The van der Waals surface area contributed by atoms with Gasteiger partial charge in [-0.1, -0.05) is 31.2 Å². The molecule has 1 aliphatic rings. The second-order valence-electron chi connectivity index (χ2n) is 5.71. The topological polar surface area (TPSA) is 65.7 Å². The Kier molecular flexibility index (Phi) is 3.78. The molecule has 110 valence electrons. The summed E-state index contributed by atoms with van der Waals surface area (Å²) in [5.74, 6) is 0.387. The van der Waals surface area contributed by atoms with Crippen LogP contribution in [0, 0.1) is 0 Å². The van der Waals surface area contributed by atoms with Gasteiger partial charge in [0.15, 0.2) is 0 Å². The minimum absolute atomic E-state index is 0.250. The van der Waals surface area contributed by atoms with Crippen molar-refractivity contribution in [2.75, 3.05) is 0 Å². The maximum absolute atomic E-state index is 11.9. The molecule has 0 bridgehead atoms. The van der Waals surface area contributed by atoms with Crippen LogP contribution in [-0.2, 0) is 19.3 Å². The summed E-state index contributed by atoms with van der Waals surface area (Å²) >= 11 is 0. The lowest BCUT2D eigenvalue weighted by Crippen LogP contribution is -2.29. The maximum Gasteiger partial charge on any atom is 0.325 e. The Labute approximate surface area is 123 Å². The second kappa shape index (κ2) is 5.72. The zero-order chi connectivity index (χ0) is 14.8. The van der Waals surface area contributed by atoms with E-state index in [9.17, 15) is 9.59 Å². The average molecular weight is 284 g/mol. The van der Waals surface area contributed by atoms with Crippen LogP contribution in [0.5, 0.6) is 0 Å². The summed E-state index contributed by atoms with van der Waals surface area (Å²) in [4.78, 5) is 28.6. The van der Waals surface area contributed by atoms with Gasteiger partial charge in [-0.2, -0.15) is 0 Å². The van der Waals surface area contributed by atoms with Gasteiger partial charge >= 0.3 is 5.69 Å². The summed E-state index contributed by atoms with van der Waals surface area (Å²) in [6, 6.07) is 8.50. The highest BCUT2D eigenvalue weighted by Crippen LogP contribution is 2.33. The number of aryl methyl sites for hydroxylation is 1. The molecule has 0 fully saturated rings. The number of aromatic nitrogens is 2. The molecule has 1 unspecified atom stereocenters. The van der Waals surface area contributed by atoms with Gasteiger partial charge in [0.25, 0.3) is 5.56 Å². The van der Waals surface area contributed by atoms with Crippen LogP contribution in [-0.4, -0.2) is 9.97 Å². The van der Waals surface area contributed by atoms with Gasteiger partial charge in [-0.3, -0.25) is 9.78 Å². The van der Waals surface area contributed by atoms with Crippen molar-refractivity contribution in [2.45, 2.75) is 44.9 Å². The van der Waals surface area contributed by atoms with E-state index in [1.807, 2.05) is 6.92 Å². The van der Waals surface area contributed by atoms with E-state index in [0.717, 1.165) is 31.4 Å². The van der Waals surface area contributed by atoms with Crippen molar-refractivity contribution in [1.82, 2.24) is 9.97 Å². The van der Waals surface area contributed by atoms with Crippen molar-refractivity contribution in [3.63, 3.8) is 0 Å². The summed E-state index contributed by atoms with van der Waals surface area (Å²) in [5, 5.41) is 0. The van der Waals surface area contributed by atoms with Crippen molar-refractivity contribution in [2.24, 2.45) is 0 Å². The van der Waals surface area contributed by atoms with Crippen LogP contribution in [0.1, 0.15) is 48.1 Å². The number of rotatable bonds is 3. The summed E-state index contributed by atoms with van der Waals surface area (Å²) in [5.41, 5.74) is 3.62. The van der Waals surface area contributed by atoms with Crippen molar-refractivity contribution < 1.29 is 0 Å². The first kappa shape index (κ1) is 13.9. The minimum atomic E-state index is -0.406. The molecule has 21 heavy (non-hydrogen) atoms. The summed E-state index contributed by atoms with van der Waals surface area (Å²) in [6.45, 7) is 1.95. The van der Waals surface area contributed by atoms with Crippen molar-refractivity contribution in [3.05, 3.63) is 67.5 Å². The monoisotopic (exact) mass is 284 g/mol. The largest absolute Gasteiger partial charge is 0.325 e. The van der Waals surface area contributed by atoms with E-state index in [-0.39, 0.29) is 5.56 Å². The van der Waals surface area contributed by atoms with E-state index in [0.29, 0.717) is 17.9 Å². The van der Waals surface area contributed by atoms with Gasteiger partial charge in [0.05, 0.1) is 0 Å². The molecule has 3 rings (SSSR count). The quantitative estimate of drug-likeness (QED) is 0.908. The third-order valence-electron chi connectivity index (χ3n) is 4.43. The molecular weight excluding hydrogens is 264 g/mol. The summed E-state index contributed by atoms with van der Waals surface area (Å²) in [6.07, 6.45) is 4.76. The van der Waals surface area contributed by atoms with Crippen molar-refractivity contribution >= 4 is 0 Å². The fourth-order valence-corrected chi connectivity index (χ4v) is 3.42. The Balaban J connectivity index is 1.99. The molecule has 2 N–H and O–H groups in total. The maximum atomic E-state index is 11.9. The molecule has 4 nitrogen and oxygen atoms in total. The van der Waals surface area contributed by atoms with Gasteiger partial charge < -0.3 is 4.98 Å². The highest BCUT2D eigenvalue weighted by molar-refractivity contribution is 5.34. The number of aromatic amines is 2. The second-order valence-corrected chi connectivity index (χ2v) is 5.71. The molecule has 0 spiro atoms. The molecular formula is C17H20N2O2. The molecule has 1 aliphatic carbocycles. The van der Waals surface area contributed by atoms with Crippen LogP contribution >= 0.6 is 0 Å². The first-order valence-electron chi connectivity index (χ1n) is 7.61. The zero-order valence-corrected chi connectivity index (χ0v) is 12.2. The van der Waals surface area contributed by atoms with E-state index in [4.69, 9.17) is 0 Å². The molecule has 0 aliphatic heterocycles. The van der Waals surface area contributed by atoms with Gasteiger partial charge in [0.2, 0.25) is 0 Å². The van der Waals surface area contributed by atoms with Crippen LogP contribution in [0.3, 0.4) is 0 Å². The number of hydrogen-bond acceptors (Lipinski definition) is 2. The van der Waals surface area contributed by atoms with E-state index in [1.54, 1.807) is 0 Å². The van der Waals surface area contributed by atoms with Crippen LogP contribution in [0.15, 0.2) is 33.9 Å². The Hall–Kier alpha value is -2.10. The average Bonchev–Trinajstić information content (AvgIpc) is 2.47. The fraction of sp³-hybridized carbons (Fsp3) is 0.412. The van der Waals surface area contributed by atoms with E-state index in [1.165, 1.54) is 11.1 Å². The molecule has 1 heterocycles. The Morgan fingerprint density at radius 2 is 2.00 bits per heavy atom. The Morgan fingerprint density at radius 1 is 1.19 bits per heavy atom. The summed E-state index contributed by atoms with van der Waals surface area (Å²) < 4.78 is 0. The molecule has 1 aromatic heterocycles. The Bertz CT molecular complexity index is 758. The first-order valence-corrected chi connectivity index (χ1v) is 7.61. The fourth-order valence-electron chi connectivity index (χ4n) is 3.42. The molecule has 4 heteroatoms. The lowest BCUT2D eigenvalue weighted by Gasteiger charge is -2.25. The van der Waals surface area contributed by atoms with Crippen LogP contribution in [0.2, 0.25) is 0 Å². The third kappa shape index (κ3) is 2.71. The predicted molar refractivity (Wildman–Crippen MR) is 82.9 cm³/mol. The van der Waals surface area contributed by atoms with Gasteiger partial charge in [-0.25, -0.2) is 4.79 Å². The molecule has 0 saturated carbocycles. The molecule has 2 aromatic rings. The third-order valence-corrected chi connectivity index (χ3v) is 4.43. The zero-order valence-electron chi connectivity index (χ0n) is 12.2. The molecule has 1 aromatic carbocycles. The van der Waals surface area contributed by atoms with Gasteiger partial charge in [0.1, 0.15) is 0 Å². The molecule has 0 radical (unpaired) electrons. The smallest absolute Gasteiger partial charge is 0.311 e. The SMILES string of the molecule is CCc1c(CC2CCCc3ccccc32)[nH]c(=O)[nH]c1=O. The molecule has 0 amide bonds. The lowest BCUT2D eigenvalue weighted by molar-refractivity contribution is 0.542. The molecule has 0 saturated heterocycles. The highest BCUT2D eigenvalue weighted by atomic mass is 16.2. The number of benzene rings is 1.